The number of rotatable bonds is 5. The largest absolute Gasteiger partial charge is 0.489 e. The summed E-state index contributed by atoms with van der Waals surface area (Å²) in [5.74, 6) is -0.0508. The van der Waals surface area contributed by atoms with Gasteiger partial charge in [-0.2, -0.15) is 0 Å². The minimum atomic E-state index is -0.583. The van der Waals surface area contributed by atoms with Gasteiger partial charge in [0.15, 0.2) is 0 Å². The normalized spacial score (nSPS) is 27.7. The number of likely N-dealkylation sites (N-methyl/N-ethyl adjacent to an activating group) is 1. The molecule has 2 fully saturated rings. The van der Waals surface area contributed by atoms with E-state index in [1.165, 1.54) is 0 Å². The van der Waals surface area contributed by atoms with Gasteiger partial charge in [-0.3, -0.25) is 19.7 Å². The second-order valence-corrected chi connectivity index (χ2v) is 7.47. The first-order valence-corrected chi connectivity index (χ1v) is 9.74. The second kappa shape index (κ2) is 7.31. The maximum Gasteiger partial charge on any atom is 0.255 e. The number of hydrogen-bond donors (Lipinski definition) is 2. The Morgan fingerprint density at radius 3 is 2.85 bits per heavy atom. The van der Waals surface area contributed by atoms with E-state index < -0.39 is 6.04 Å². The summed E-state index contributed by atoms with van der Waals surface area (Å²) >= 11 is 0. The molecule has 1 saturated heterocycles. The van der Waals surface area contributed by atoms with Crippen LogP contribution in [0.5, 0.6) is 5.75 Å². The Labute approximate surface area is 158 Å². The number of ether oxygens (including phenoxy) is 1. The molecule has 3 atom stereocenters. The van der Waals surface area contributed by atoms with Gasteiger partial charge >= 0.3 is 0 Å². The van der Waals surface area contributed by atoms with E-state index in [1.807, 2.05) is 12.1 Å². The summed E-state index contributed by atoms with van der Waals surface area (Å²) in [6.07, 6.45) is 4.07. The van der Waals surface area contributed by atoms with Gasteiger partial charge in [-0.15, -0.1) is 0 Å². The average molecular weight is 371 g/mol. The summed E-state index contributed by atoms with van der Waals surface area (Å²) in [6.45, 7) is 3.39. The number of imide groups is 1. The molecule has 0 aromatic heterocycles. The van der Waals surface area contributed by atoms with Gasteiger partial charge < -0.3 is 15.0 Å². The van der Waals surface area contributed by atoms with E-state index in [2.05, 4.69) is 17.6 Å². The number of nitrogens with one attached hydrogen (secondary N) is 2. The summed E-state index contributed by atoms with van der Waals surface area (Å²) in [5.41, 5.74) is 1.49. The van der Waals surface area contributed by atoms with E-state index in [0.29, 0.717) is 24.6 Å². The molecule has 27 heavy (non-hydrogen) atoms. The monoisotopic (exact) mass is 371 g/mol. The lowest BCUT2D eigenvalue weighted by atomic mass is 10.0. The van der Waals surface area contributed by atoms with Gasteiger partial charge in [0.25, 0.3) is 5.91 Å². The van der Waals surface area contributed by atoms with Crippen molar-refractivity contribution in [2.24, 2.45) is 0 Å². The molecule has 1 aromatic rings. The lowest BCUT2D eigenvalue weighted by Crippen LogP contribution is -2.52. The van der Waals surface area contributed by atoms with E-state index >= 15 is 0 Å². The first-order valence-electron chi connectivity index (χ1n) is 9.74. The highest BCUT2D eigenvalue weighted by Crippen LogP contribution is 2.32. The maximum absolute atomic E-state index is 12.7. The predicted molar refractivity (Wildman–Crippen MR) is 98.2 cm³/mol. The fraction of sp³-hybridized carbons (Fsp3) is 0.550. The first-order chi connectivity index (χ1) is 13.1. The van der Waals surface area contributed by atoms with E-state index in [9.17, 15) is 14.4 Å². The van der Waals surface area contributed by atoms with Crippen molar-refractivity contribution in [1.82, 2.24) is 15.5 Å². The van der Waals surface area contributed by atoms with Gasteiger partial charge in [0.2, 0.25) is 11.8 Å². The number of amides is 3. The van der Waals surface area contributed by atoms with Crippen LogP contribution >= 0.6 is 0 Å². The Bertz CT molecular complexity index is 778. The highest BCUT2D eigenvalue weighted by atomic mass is 16.5. The van der Waals surface area contributed by atoms with E-state index in [0.717, 1.165) is 37.1 Å². The van der Waals surface area contributed by atoms with Crippen LogP contribution in [0.4, 0.5) is 0 Å². The molecule has 1 aromatic carbocycles. The van der Waals surface area contributed by atoms with Crippen LogP contribution in [0.25, 0.3) is 0 Å². The van der Waals surface area contributed by atoms with E-state index in [-0.39, 0.29) is 30.2 Å². The van der Waals surface area contributed by atoms with Crippen LogP contribution in [0.2, 0.25) is 0 Å². The molecule has 2 aliphatic heterocycles. The van der Waals surface area contributed by atoms with Gasteiger partial charge in [0.1, 0.15) is 17.9 Å². The number of benzene rings is 1. The second-order valence-electron chi connectivity index (χ2n) is 7.47. The molecule has 1 aliphatic carbocycles. The Balaban J connectivity index is 1.48. The highest BCUT2D eigenvalue weighted by molar-refractivity contribution is 6.05. The molecular formula is C20H25N3O4. The maximum atomic E-state index is 12.7. The molecule has 3 unspecified atom stereocenters. The van der Waals surface area contributed by atoms with Gasteiger partial charge in [0.05, 0.1) is 0 Å². The van der Waals surface area contributed by atoms with Crippen LogP contribution < -0.4 is 15.4 Å². The van der Waals surface area contributed by atoms with E-state index in [4.69, 9.17) is 4.74 Å². The van der Waals surface area contributed by atoms with Crippen LogP contribution in [-0.4, -0.2) is 47.4 Å². The lowest BCUT2D eigenvalue weighted by Gasteiger charge is -2.29. The molecule has 7 nitrogen and oxygen atoms in total. The number of hydrogen-bond acceptors (Lipinski definition) is 5. The number of fused-ring (bicyclic) bond motifs is 1. The summed E-state index contributed by atoms with van der Waals surface area (Å²) in [4.78, 5) is 37.8. The third-order valence-corrected chi connectivity index (χ3v) is 5.70. The van der Waals surface area contributed by atoms with Crippen molar-refractivity contribution < 1.29 is 19.1 Å². The lowest BCUT2D eigenvalue weighted by molar-refractivity contribution is -0.136. The summed E-state index contributed by atoms with van der Waals surface area (Å²) in [7, 11) is 0. The van der Waals surface area contributed by atoms with Crippen molar-refractivity contribution in [3.05, 3.63) is 29.3 Å². The van der Waals surface area contributed by atoms with E-state index in [1.54, 1.807) is 11.0 Å². The topological polar surface area (TPSA) is 87.7 Å². The molecule has 4 rings (SSSR count). The van der Waals surface area contributed by atoms with Crippen LogP contribution in [0.15, 0.2) is 18.2 Å². The fourth-order valence-corrected chi connectivity index (χ4v) is 4.36. The molecule has 3 amide bonds. The van der Waals surface area contributed by atoms with Crippen molar-refractivity contribution >= 4 is 17.7 Å². The summed E-state index contributed by atoms with van der Waals surface area (Å²) in [6, 6.07) is 5.33. The first kappa shape index (κ1) is 18.0. The molecule has 7 heteroatoms. The summed E-state index contributed by atoms with van der Waals surface area (Å²) in [5, 5.41) is 5.80. The van der Waals surface area contributed by atoms with Crippen LogP contribution in [0, 0.1) is 0 Å². The number of carbonyl (C=O) groups excluding carboxylic acids is 3. The van der Waals surface area contributed by atoms with Crippen molar-refractivity contribution in [1.29, 1.82) is 0 Å². The predicted octanol–water partition coefficient (Wildman–Crippen LogP) is 1.36. The zero-order chi connectivity index (χ0) is 19.0. The van der Waals surface area contributed by atoms with Crippen LogP contribution in [-0.2, 0) is 16.1 Å². The number of nitrogens with zero attached hydrogens (tertiary/aromatic N) is 1. The minimum Gasteiger partial charge on any atom is -0.489 e. The van der Waals surface area contributed by atoms with Crippen LogP contribution in [0.3, 0.4) is 0 Å². The average Bonchev–Trinajstić information content (AvgIpc) is 3.20. The highest BCUT2D eigenvalue weighted by Gasteiger charge is 2.39. The SMILES string of the molecule is CCNC1CCCC1Oc1ccc2c(c1)CN(C1CCC(=O)NC1=O)C2=O. The molecule has 144 valence electrons. The molecule has 0 radical (unpaired) electrons. The number of carbonyl (C=O) groups is 3. The van der Waals surface area contributed by atoms with Gasteiger partial charge in [-0.25, -0.2) is 0 Å². The van der Waals surface area contributed by atoms with Crippen molar-refractivity contribution in [2.75, 3.05) is 6.54 Å². The molecule has 2 N–H and O–H groups in total. The zero-order valence-corrected chi connectivity index (χ0v) is 15.5. The Morgan fingerprint density at radius 1 is 1.22 bits per heavy atom. The molecule has 2 heterocycles. The molecule has 1 saturated carbocycles. The minimum absolute atomic E-state index is 0.145. The zero-order valence-electron chi connectivity index (χ0n) is 15.5. The molecular weight excluding hydrogens is 346 g/mol. The quantitative estimate of drug-likeness (QED) is 0.763. The molecule has 3 aliphatic rings. The third kappa shape index (κ3) is 3.43. The smallest absolute Gasteiger partial charge is 0.255 e. The Hall–Kier alpha value is -2.41. The number of piperidine rings is 1. The standard InChI is InChI=1S/C20H25N3O4/c1-2-21-15-4-3-5-17(15)27-13-6-7-14-12(10-13)11-23(20(14)26)16-8-9-18(24)22-19(16)25/h6-7,10,15-17,21H,2-5,8-9,11H2,1H3,(H,22,24,25). The van der Waals surface area contributed by atoms with Crippen molar-refractivity contribution in [3.63, 3.8) is 0 Å². The van der Waals surface area contributed by atoms with Gasteiger partial charge in [-0.05, 0) is 56.0 Å². The van der Waals surface area contributed by atoms with Crippen molar-refractivity contribution in [2.45, 2.75) is 63.8 Å². The summed E-state index contributed by atoms with van der Waals surface area (Å²) < 4.78 is 6.20. The third-order valence-electron chi connectivity index (χ3n) is 5.70. The Morgan fingerprint density at radius 2 is 2.07 bits per heavy atom. The van der Waals surface area contributed by atoms with Gasteiger partial charge in [-0.1, -0.05) is 6.92 Å². The Kier molecular flexibility index (Phi) is 4.86. The van der Waals surface area contributed by atoms with Crippen molar-refractivity contribution in [3.8, 4) is 5.75 Å². The fourth-order valence-electron chi connectivity index (χ4n) is 4.36. The van der Waals surface area contributed by atoms with Crippen LogP contribution in [0.1, 0.15) is 54.9 Å². The van der Waals surface area contributed by atoms with Gasteiger partial charge in [0, 0.05) is 24.6 Å². The molecule has 0 spiro atoms. The molecule has 0 bridgehead atoms.